The van der Waals surface area contributed by atoms with Crippen LogP contribution in [0.4, 0.5) is 0 Å². The van der Waals surface area contributed by atoms with E-state index in [1.807, 2.05) is 0 Å². The molecular formula is C22H32N2. The highest BCUT2D eigenvalue weighted by Gasteiger charge is 2.02. The second-order valence-electron chi connectivity index (χ2n) is 6.73. The molecule has 2 rings (SSSR count). The molecule has 2 heteroatoms. The van der Waals surface area contributed by atoms with Gasteiger partial charge in [-0.05, 0) is 43.4 Å². The zero-order chi connectivity index (χ0) is 17.0. The molecule has 0 radical (unpaired) electrons. The first-order valence-corrected chi connectivity index (χ1v) is 9.75. The average Bonchev–Trinajstić information content (AvgIpc) is 2.64. The van der Waals surface area contributed by atoms with Crippen molar-refractivity contribution in [3.63, 3.8) is 0 Å². The highest BCUT2D eigenvalue weighted by molar-refractivity contribution is 5.58. The van der Waals surface area contributed by atoms with Crippen LogP contribution in [0.1, 0.15) is 76.5 Å². The molecule has 1 aromatic carbocycles. The highest BCUT2D eigenvalue weighted by atomic mass is 15.1. The summed E-state index contributed by atoms with van der Waals surface area (Å²) >= 11 is 0. The first-order chi connectivity index (χ1) is 11.8. The lowest BCUT2D eigenvalue weighted by atomic mass is 10.0. The van der Waals surface area contributed by atoms with Crippen LogP contribution in [0, 0.1) is 0 Å². The molecule has 130 valence electrons. The van der Waals surface area contributed by atoms with Crippen molar-refractivity contribution in [1.82, 2.24) is 10.2 Å². The molecule has 2 nitrogen and oxygen atoms in total. The second-order valence-corrected chi connectivity index (χ2v) is 6.73. The van der Waals surface area contributed by atoms with Crippen LogP contribution < -0.4 is 0 Å². The molecule has 0 saturated heterocycles. The Labute approximate surface area is 147 Å². The van der Waals surface area contributed by atoms with Gasteiger partial charge in [-0.25, -0.2) is 0 Å². The summed E-state index contributed by atoms with van der Waals surface area (Å²) in [5, 5.41) is 8.83. The van der Waals surface area contributed by atoms with E-state index in [9.17, 15) is 0 Å². The van der Waals surface area contributed by atoms with E-state index in [1.165, 1.54) is 63.4 Å². The standard InChI is InChI=1S/C22H32N2/c1-3-5-7-8-9-10-12-21-17-18-22(24-23-21)20-15-13-19(14-16-20)11-6-4-2/h13-18H,3-12H2,1-2H3. The Morgan fingerprint density at radius 1 is 0.625 bits per heavy atom. The van der Waals surface area contributed by atoms with E-state index in [-0.39, 0.29) is 0 Å². The van der Waals surface area contributed by atoms with Crippen molar-refractivity contribution in [2.75, 3.05) is 0 Å². The zero-order valence-electron chi connectivity index (χ0n) is 15.4. The van der Waals surface area contributed by atoms with Crippen molar-refractivity contribution in [3.05, 3.63) is 47.7 Å². The normalized spacial score (nSPS) is 10.9. The number of aromatic nitrogens is 2. The molecule has 0 aliphatic rings. The molecule has 0 aliphatic carbocycles. The van der Waals surface area contributed by atoms with E-state index >= 15 is 0 Å². The third-order valence-corrected chi connectivity index (χ3v) is 4.57. The van der Waals surface area contributed by atoms with Crippen molar-refractivity contribution in [2.24, 2.45) is 0 Å². The van der Waals surface area contributed by atoms with Crippen molar-refractivity contribution < 1.29 is 0 Å². The van der Waals surface area contributed by atoms with Gasteiger partial charge in [0.05, 0.1) is 11.4 Å². The third-order valence-electron chi connectivity index (χ3n) is 4.57. The summed E-state index contributed by atoms with van der Waals surface area (Å²) in [6, 6.07) is 13.0. The highest BCUT2D eigenvalue weighted by Crippen LogP contribution is 2.18. The van der Waals surface area contributed by atoms with Gasteiger partial charge in [-0.3, -0.25) is 0 Å². The third kappa shape index (κ3) is 6.43. The van der Waals surface area contributed by atoms with Gasteiger partial charge in [0.15, 0.2) is 0 Å². The number of hydrogen-bond acceptors (Lipinski definition) is 2. The van der Waals surface area contributed by atoms with Gasteiger partial charge in [0.1, 0.15) is 0 Å². The van der Waals surface area contributed by atoms with Crippen molar-refractivity contribution in [1.29, 1.82) is 0 Å². The van der Waals surface area contributed by atoms with Crippen molar-refractivity contribution >= 4 is 0 Å². The smallest absolute Gasteiger partial charge is 0.0929 e. The SMILES string of the molecule is CCCCCCCCc1ccc(-c2ccc(CCCC)cc2)nn1. The lowest BCUT2D eigenvalue weighted by molar-refractivity contribution is 0.603. The van der Waals surface area contributed by atoms with Crippen LogP contribution in [0.3, 0.4) is 0 Å². The minimum absolute atomic E-state index is 0.976. The average molecular weight is 325 g/mol. The largest absolute Gasteiger partial charge is 0.155 e. The van der Waals surface area contributed by atoms with Crippen LogP contribution >= 0.6 is 0 Å². The fraction of sp³-hybridized carbons (Fsp3) is 0.545. The molecular weight excluding hydrogens is 292 g/mol. The molecule has 1 heterocycles. The molecule has 0 N–H and O–H groups in total. The summed E-state index contributed by atoms with van der Waals surface area (Å²) in [5.74, 6) is 0. The monoisotopic (exact) mass is 324 g/mol. The first-order valence-electron chi connectivity index (χ1n) is 9.75. The lowest BCUT2D eigenvalue weighted by Gasteiger charge is -2.05. The van der Waals surface area contributed by atoms with Gasteiger partial charge >= 0.3 is 0 Å². The Kier molecular flexibility index (Phi) is 8.51. The number of aryl methyl sites for hydroxylation is 2. The van der Waals surface area contributed by atoms with Crippen LogP contribution in [0.25, 0.3) is 11.3 Å². The van der Waals surface area contributed by atoms with E-state index in [0.717, 1.165) is 23.4 Å². The van der Waals surface area contributed by atoms with Gasteiger partial charge in [0.25, 0.3) is 0 Å². The van der Waals surface area contributed by atoms with E-state index in [1.54, 1.807) is 0 Å². The first kappa shape index (κ1) is 18.6. The van der Waals surface area contributed by atoms with Gasteiger partial charge < -0.3 is 0 Å². The maximum Gasteiger partial charge on any atom is 0.0929 e. The zero-order valence-corrected chi connectivity index (χ0v) is 15.4. The molecule has 0 amide bonds. The van der Waals surface area contributed by atoms with Crippen LogP contribution in [0.2, 0.25) is 0 Å². The minimum Gasteiger partial charge on any atom is -0.155 e. The Hall–Kier alpha value is -1.70. The fourth-order valence-electron chi connectivity index (χ4n) is 2.96. The van der Waals surface area contributed by atoms with Crippen LogP contribution in [0.5, 0.6) is 0 Å². The van der Waals surface area contributed by atoms with Gasteiger partial charge in [-0.2, -0.15) is 10.2 Å². The van der Waals surface area contributed by atoms with Crippen LogP contribution in [-0.4, -0.2) is 10.2 Å². The minimum atomic E-state index is 0.976. The number of benzene rings is 1. The second kappa shape index (κ2) is 11.0. The maximum absolute atomic E-state index is 4.42. The molecule has 0 atom stereocenters. The number of nitrogens with zero attached hydrogens (tertiary/aromatic N) is 2. The van der Waals surface area contributed by atoms with E-state index in [0.29, 0.717) is 0 Å². The van der Waals surface area contributed by atoms with E-state index < -0.39 is 0 Å². The summed E-state index contributed by atoms with van der Waals surface area (Å²) in [6.45, 7) is 4.49. The number of hydrogen-bond donors (Lipinski definition) is 0. The number of rotatable bonds is 11. The molecule has 0 bridgehead atoms. The van der Waals surface area contributed by atoms with E-state index in [4.69, 9.17) is 0 Å². The quantitative estimate of drug-likeness (QED) is 0.448. The molecule has 0 aliphatic heterocycles. The van der Waals surface area contributed by atoms with Crippen molar-refractivity contribution in [2.45, 2.75) is 78.1 Å². The summed E-state index contributed by atoms with van der Waals surface area (Å²) in [6.07, 6.45) is 12.7. The Balaban J connectivity index is 1.80. The Morgan fingerprint density at radius 2 is 1.33 bits per heavy atom. The molecule has 0 spiro atoms. The van der Waals surface area contributed by atoms with E-state index in [2.05, 4.69) is 60.4 Å². The maximum atomic E-state index is 4.42. The summed E-state index contributed by atoms with van der Waals surface area (Å²) < 4.78 is 0. The van der Waals surface area contributed by atoms with Gasteiger partial charge in [-0.15, -0.1) is 0 Å². The molecule has 1 aromatic heterocycles. The lowest BCUT2D eigenvalue weighted by Crippen LogP contribution is -1.95. The molecule has 0 saturated carbocycles. The predicted molar refractivity (Wildman–Crippen MR) is 103 cm³/mol. The van der Waals surface area contributed by atoms with Crippen LogP contribution in [-0.2, 0) is 12.8 Å². The van der Waals surface area contributed by atoms with Crippen molar-refractivity contribution in [3.8, 4) is 11.3 Å². The summed E-state index contributed by atoms with van der Waals surface area (Å²) in [7, 11) is 0. The molecule has 24 heavy (non-hydrogen) atoms. The van der Waals surface area contributed by atoms with Gasteiger partial charge in [0.2, 0.25) is 0 Å². The Morgan fingerprint density at radius 3 is 2.00 bits per heavy atom. The van der Waals surface area contributed by atoms with Gasteiger partial charge in [-0.1, -0.05) is 76.6 Å². The molecule has 0 fully saturated rings. The summed E-state index contributed by atoms with van der Waals surface area (Å²) in [5.41, 5.74) is 4.67. The molecule has 2 aromatic rings. The fourth-order valence-corrected chi connectivity index (χ4v) is 2.96. The Bertz CT molecular complexity index is 558. The molecule has 0 unspecified atom stereocenters. The van der Waals surface area contributed by atoms with Gasteiger partial charge in [0, 0.05) is 5.56 Å². The summed E-state index contributed by atoms with van der Waals surface area (Å²) in [4.78, 5) is 0. The topological polar surface area (TPSA) is 25.8 Å². The predicted octanol–water partition coefficient (Wildman–Crippen LogP) is 6.39. The number of unbranched alkanes of at least 4 members (excludes halogenated alkanes) is 6. The van der Waals surface area contributed by atoms with Crippen LogP contribution in [0.15, 0.2) is 36.4 Å².